The zero-order chi connectivity index (χ0) is 16.4. The van der Waals surface area contributed by atoms with Crippen molar-refractivity contribution in [2.24, 2.45) is 5.73 Å². The molecule has 5 nitrogen and oxygen atoms in total. The second-order valence-corrected chi connectivity index (χ2v) is 5.40. The molecule has 1 aromatic carbocycles. The fourth-order valence-corrected chi connectivity index (χ4v) is 2.72. The van der Waals surface area contributed by atoms with E-state index in [2.05, 4.69) is 4.98 Å². The summed E-state index contributed by atoms with van der Waals surface area (Å²) in [4.78, 5) is 28.0. The van der Waals surface area contributed by atoms with Crippen LogP contribution in [-0.4, -0.2) is 15.5 Å². The van der Waals surface area contributed by atoms with E-state index in [1.807, 2.05) is 35.8 Å². The summed E-state index contributed by atoms with van der Waals surface area (Å²) in [6.07, 6.45) is 5.91. The molecule has 116 valence electrons. The number of hydrogen-bond acceptors (Lipinski definition) is 3. The van der Waals surface area contributed by atoms with Crippen molar-refractivity contribution in [3.63, 3.8) is 0 Å². The first-order chi connectivity index (χ1) is 11.1. The molecule has 0 aliphatic carbocycles. The standard InChI is InChI=1S/C18H17N3O2/c1-2-9-21-11-15(18(19)23)17(22)14-4-3-13(10-16(14)21)12-5-7-20-8-6-12/h3-8,10-11H,2,9H2,1H3,(H2,19,23). The Hall–Kier alpha value is -2.95. The highest BCUT2D eigenvalue weighted by Gasteiger charge is 2.13. The fourth-order valence-electron chi connectivity index (χ4n) is 2.72. The summed E-state index contributed by atoms with van der Waals surface area (Å²) in [7, 11) is 0. The van der Waals surface area contributed by atoms with Crippen molar-refractivity contribution in [3.05, 3.63) is 64.7 Å². The van der Waals surface area contributed by atoms with Gasteiger partial charge in [-0.25, -0.2) is 0 Å². The SMILES string of the molecule is CCCn1cc(C(N)=O)c(=O)c2ccc(-c3ccncc3)cc21. The van der Waals surface area contributed by atoms with Crippen molar-refractivity contribution in [1.29, 1.82) is 0 Å². The second-order valence-electron chi connectivity index (χ2n) is 5.40. The van der Waals surface area contributed by atoms with Crippen molar-refractivity contribution < 1.29 is 4.79 Å². The minimum Gasteiger partial charge on any atom is -0.365 e. The molecule has 0 fully saturated rings. The van der Waals surface area contributed by atoms with Gasteiger partial charge in [0.05, 0.1) is 5.52 Å². The van der Waals surface area contributed by atoms with Crippen LogP contribution in [0.3, 0.4) is 0 Å². The minimum absolute atomic E-state index is 0.0302. The highest BCUT2D eigenvalue weighted by Crippen LogP contribution is 2.23. The molecule has 0 aliphatic heterocycles. The van der Waals surface area contributed by atoms with Crippen LogP contribution in [0.1, 0.15) is 23.7 Å². The Bertz CT molecular complexity index is 930. The van der Waals surface area contributed by atoms with Gasteiger partial charge in [-0.3, -0.25) is 14.6 Å². The molecule has 5 heteroatoms. The lowest BCUT2D eigenvalue weighted by Gasteiger charge is -2.13. The molecule has 0 aliphatic rings. The van der Waals surface area contributed by atoms with Crippen LogP contribution in [0.25, 0.3) is 22.0 Å². The third-order valence-corrected chi connectivity index (χ3v) is 3.82. The number of pyridine rings is 2. The van der Waals surface area contributed by atoms with Crippen molar-refractivity contribution in [1.82, 2.24) is 9.55 Å². The smallest absolute Gasteiger partial charge is 0.254 e. The van der Waals surface area contributed by atoms with Gasteiger partial charge in [0.1, 0.15) is 5.56 Å². The van der Waals surface area contributed by atoms with E-state index in [-0.39, 0.29) is 11.0 Å². The van der Waals surface area contributed by atoms with E-state index >= 15 is 0 Å². The summed E-state index contributed by atoms with van der Waals surface area (Å²) in [6.45, 7) is 2.75. The molecule has 3 rings (SSSR count). The molecular weight excluding hydrogens is 290 g/mol. The first-order valence-corrected chi connectivity index (χ1v) is 7.49. The van der Waals surface area contributed by atoms with Gasteiger partial charge in [-0.05, 0) is 41.8 Å². The van der Waals surface area contributed by atoms with Gasteiger partial charge in [0.15, 0.2) is 0 Å². The Morgan fingerprint density at radius 1 is 1.17 bits per heavy atom. The molecule has 1 amide bonds. The maximum Gasteiger partial charge on any atom is 0.254 e. The maximum atomic E-state index is 12.5. The molecule has 0 radical (unpaired) electrons. The van der Waals surface area contributed by atoms with Crippen molar-refractivity contribution >= 4 is 16.8 Å². The Labute approximate surface area is 133 Å². The zero-order valence-electron chi connectivity index (χ0n) is 12.8. The number of aromatic nitrogens is 2. The normalized spacial score (nSPS) is 10.8. The zero-order valence-corrected chi connectivity index (χ0v) is 12.8. The van der Waals surface area contributed by atoms with Crippen LogP contribution in [-0.2, 0) is 6.54 Å². The van der Waals surface area contributed by atoms with Crippen LogP contribution in [0.5, 0.6) is 0 Å². The quantitative estimate of drug-likeness (QED) is 0.804. The number of aryl methyl sites for hydroxylation is 1. The molecule has 2 aromatic heterocycles. The van der Waals surface area contributed by atoms with E-state index in [9.17, 15) is 9.59 Å². The Balaban J connectivity index is 2.30. The Morgan fingerprint density at radius 3 is 2.57 bits per heavy atom. The van der Waals surface area contributed by atoms with E-state index in [1.54, 1.807) is 24.7 Å². The number of primary amides is 1. The van der Waals surface area contributed by atoms with Gasteiger partial charge < -0.3 is 10.3 Å². The van der Waals surface area contributed by atoms with Gasteiger partial charge in [-0.1, -0.05) is 13.0 Å². The maximum absolute atomic E-state index is 12.5. The summed E-state index contributed by atoms with van der Waals surface area (Å²) in [5.41, 5.74) is 7.87. The molecule has 2 heterocycles. The third-order valence-electron chi connectivity index (χ3n) is 3.82. The van der Waals surface area contributed by atoms with E-state index in [1.165, 1.54) is 0 Å². The number of carbonyl (C=O) groups excluding carboxylic acids is 1. The predicted molar refractivity (Wildman–Crippen MR) is 90.2 cm³/mol. The van der Waals surface area contributed by atoms with Gasteiger partial charge in [0.2, 0.25) is 5.43 Å². The summed E-state index contributed by atoms with van der Waals surface area (Å²) >= 11 is 0. The number of fused-ring (bicyclic) bond motifs is 1. The van der Waals surface area contributed by atoms with Crippen LogP contribution >= 0.6 is 0 Å². The number of benzene rings is 1. The monoisotopic (exact) mass is 307 g/mol. The largest absolute Gasteiger partial charge is 0.365 e. The van der Waals surface area contributed by atoms with Crippen molar-refractivity contribution in [2.45, 2.75) is 19.9 Å². The van der Waals surface area contributed by atoms with Crippen molar-refractivity contribution in [3.8, 4) is 11.1 Å². The van der Waals surface area contributed by atoms with E-state index in [4.69, 9.17) is 5.73 Å². The lowest BCUT2D eigenvalue weighted by Crippen LogP contribution is -2.24. The molecule has 2 N–H and O–H groups in total. The first-order valence-electron chi connectivity index (χ1n) is 7.49. The van der Waals surface area contributed by atoms with E-state index in [0.717, 1.165) is 23.1 Å². The van der Waals surface area contributed by atoms with Gasteiger partial charge in [-0.2, -0.15) is 0 Å². The molecule has 3 aromatic rings. The summed E-state index contributed by atoms with van der Waals surface area (Å²) in [6, 6.07) is 9.43. The number of amides is 1. The first kappa shape index (κ1) is 15.0. The Morgan fingerprint density at radius 2 is 1.91 bits per heavy atom. The van der Waals surface area contributed by atoms with Crippen LogP contribution in [0, 0.1) is 0 Å². The fraction of sp³-hybridized carbons (Fsp3) is 0.167. The number of nitrogens with zero attached hydrogens (tertiary/aromatic N) is 2. The predicted octanol–water partition coefficient (Wildman–Crippen LogP) is 2.57. The van der Waals surface area contributed by atoms with Crippen LogP contribution < -0.4 is 11.2 Å². The third kappa shape index (κ3) is 2.73. The second kappa shape index (κ2) is 6.04. The number of rotatable bonds is 4. The summed E-state index contributed by atoms with van der Waals surface area (Å²) in [5.74, 6) is -0.694. The summed E-state index contributed by atoms with van der Waals surface area (Å²) in [5, 5.41) is 0.507. The molecular formula is C18H17N3O2. The van der Waals surface area contributed by atoms with E-state index < -0.39 is 5.91 Å². The number of hydrogen-bond donors (Lipinski definition) is 1. The Kier molecular flexibility index (Phi) is 3.93. The highest BCUT2D eigenvalue weighted by molar-refractivity contribution is 5.96. The van der Waals surface area contributed by atoms with Crippen LogP contribution in [0.4, 0.5) is 0 Å². The average Bonchev–Trinajstić information content (AvgIpc) is 2.57. The minimum atomic E-state index is -0.694. The van der Waals surface area contributed by atoms with Gasteiger partial charge in [0, 0.05) is 30.5 Å². The van der Waals surface area contributed by atoms with Crippen LogP contribution in [0.15, 0.2) is 53.7 Å². The molecule has 0 unspecified atom stereocenters. The van der Waals surface area contributed by atoms with Gasteiger partial charge in [-0.15, -0.1) is 0 Å². The van der Waals surface area contributed by atoms with Gasteiger partial charge >= 0.3 is 0 Å². The molecule has 23 heavy (non-hydrogen) atoms. The average molecular weight is 307 g/mol. The molecule has 0 atom stereocenters. The topological polar surface area (TPSA) is 78.0 Å². The van der Waals surface area contributed by atoms with Gasteiger partial charge in [0.25, 0.3) is 5.91 Å². The molecule has 0 bridgehead atoms. The number of carbonyl (C=O) groups is 1. The number of nitrogens with two attached hydrogens (primary N) is 1. The highest BCUT2D eigenvalue weighted by atomic mass is 16.2. The van der Waals surface area contributed by atoms with Crippen molar-refractivity contribution in [2.75, 3.05) is 0 Å². The van der Waals surface area contributed by atoms with Crippen LogP contribution in [0.2, 0.25) is 0 Å². The molecule has 0 spiro atoms. The molecule has 0 saturated carbocycles. The lowest BCUT2D eigenvalue weighted by molar-refractivity contribution is 0.0998. The lowest BCUT2D eigenvalue weighted by atomic mass is 10.0. The molecule has 0 saturated heterocycles. The summed E-state index contributed by atoms with van der Waals surface area (Å²) < 4.78 is 1.92. The van der Waals surface area contributed by atoms with E-state index in [0.29, 0.717) is 11.9 Å².